The number of aryl methyl sites for hydroxylation is 1. The van der Waals surface area contributed by atoms with Crippen LogP contribution in [0.3, 0.4) is 0 Å². The highest BCUT2D eigenvalue weighted by molar-refractivity contribution is 5.95. The zero-order valence-corrected chi connectivity index (χ0v) is 19.1. The van der Waals surface area contributed by atoms with Crippen molar-refractivity contribution in [1.82, 2.24) is 24.5 Å². The van der Waals surface area contributed by atoms with E-state index in [9.17, 15) is 13.2 Å². The van der Waals surface area contributed by atoms with Crippen LogP contribution in [0.5, 0.6) is 0 Å². The van der Waals surface area contributed by atoms with Gasteiger partial charge in [-0.15, -0.1) is 0 Å². The maximum absolute atomic E-state index is 13.5. The number of nitrogens with zero attached hydrogens (tertiary/aromatic N) is 7. The predicted molar refractivity (Wildman–Crippen MR) is 125 cm³/mol. The number of hydrogen-bond donors (Lipinski definition) is 1. The monoisotopic (exact) mass is 470 g/mol. The van der Waals surface area contributed by atoms with Crippen molar-refractivity contribution in [2.45, 2.75) is 39.7 Å². The Kier molecular flexibility index (Phi) is 6.62. The zero-order chi connectivity index (χ0) is 24.4. The topological polar surface area (TPSA) is 85.3 Å². The molecule has 178 valence electrons. The average Bonchev–Trinajstić information content (AvgIpc) is 3.47. The second-order valence-corrected chi connectivity index (χ2v) is 8.13. The van der Waals surface area contributed by atoms with Gasteiger partial charge in [0.25, 0.3) is 6.43 Å². The molecule has 0 amide bonds. The van der Waals surface area contributed by atoms with Gasteiger partial charge in [0, 0.05) is 25.2 Å². The summed E-state index contributed by atoms with van der Waals surface area (Å²) < 4.78 is 43.3. The first kappa shape index (κ1) is 23.4. The summed E-state index contributed by atoms with van der Waals surface area (Å²) in [6.07, 6.45) is 2.16. The first-order chi connectivity index (χ1) is 16.3. The lowest BCUT2D eigenvalue weighted by atomic mass is 10.2. The molecule has 4 rings (SSSR count). The van der Waals surface area contributed by atoms with E-state index in [-0.39, 0.29) is 17.4 Å². The van der Waals surface area contributed by atoms with Crippen molar-refractivity contribution in [1.29, 1.82) is 0 Å². The fraction of sp³-hybridized carbons (Fsp3) is 0.348. The minimum absolute atomic E-state index is 0.171. The highest BCUT2D eigenvalue weighted by Crippen LogP contribution is 2.34. The van der Waals surface area contributed by atoms with Crippen molar-refractivity contribution < 1.29 is 13.2 Å². The molecule has 3 heterocycles. The van der Waals surface area contributed by atoms with Crippen LogP contribution in [-0.4, -0.2) is 44.1 Å². The summed E-state index contributed by atoms with van der Waals surface area (Å²) in [5.74, 6) is 1.21. The summed E-state index contributed by atoms with van der Waals surface area (Å²) in [5, 5.41) is 12.1. The number of pyridine rings is 1. The Labute approximate surface area is 195 Å². The Hall–Kier alpha value is -3.76. The molecule has 1 saturated carbocycles. The van der Waals surface area contributed by atoms with Gasteiger partial charge in [0.2, 0.25) is 0 Å². The maximum atomic E-state index is 13.5. The van der Waals surface area contributed by atoms with Crippen LogP contribution in [0.15, 0.2) is 46.3 Å². The summed E-state index contributed by atoms with van der Waals surface area (Å²) in [4.78, 5) is 12.3. The van der Waals surface area contributed by atoms with Crippen LogP contribution in [0.1, 0.15) is 36.2 Å². The zero-order valence-electron chi connectivity index (χ0n) is 19.1. The van der Waals surface area contributed by atoms with Gasteiger partial charge in [-0.05, 0) is 57.5 Å². The van der Waals surface area contributed by atoms with Crippen molar-refractivity contribution in [3.63, 3.8) is 0 Å². The van der Waals surface area contributed by atoms with Crippen LogP contribution in [0, 0.1) is 25.6 Å². The van der Waals surface area contributed by atoms with Gasteiger partial charge in [0.05, 0.1) is 17.6 Å². The second kappa shape index (κ2) is 9.62. The largest absolute Gasteiger partial charge is 0.325 e. The Morgan fingerprint density at radius 2 is 2.06 bits per heavy atom. The number of allylic oxidation sites excluding steroid dienone is 1. The molecule has 1 N–H and O–H groups in total. The number of halogens is 3. The van der Waals surface area contributed by atoms with Gasteiger partial charge in [-0.1, -0.05) is 0 Å². The molecule has 0 unspecified atom stereocenters. The molecular weight excluding hydrogens is 445 g/mol. The molecule has 34 heavy (non-hydrogen) atoms. The SMILES string of the molecule is C=N/C(=C\C(=N/C)n1nc(C)cc1C(F)F)Nc1c(C)c(-c2ccc(F)cn2)nn1CC1CC1. The highest BCUT2D eigenvalue weighted by atomic mass is 19.3. The first-order valence-electron chi connectivity index (χ1n) is 10.8. The van der Waals surface area contributed by atoms with Crippen molar-refractivity contribution in [3.05, 3.63) is 59.1 Å². The van der Waals surface area contributed by atoms with Crippen LogP contribution in [-0.2, 0) is 6.54 Å². The minimum Gasteiger partial charge on any atom is -0.325 e. The van der Waals surface area contributed by atoms with E-state index in [4.69, 9.17) is 5.10 Å². The molecule has 3 aromatic heterocycles. The number of alkyl halides is 2. The lowest BCUT2D eigenvalue weighted by Gasteiger charge is -2.12. The fourth-order valence-corrected chi connectivity index (χ4v) is 3.59. The normalized spacial score (nSPS) is 14.7. The van der Waals surface area contributed by atoms with E-state index < -0.39 is 12.2 Å². The maximum Gasteiger partial charge on any atom is 0.280 e. The third-order valence-electron chi connectivity index (χ3n) is 5.50. The molecule has 1 fully saturated rings. The number of nitrogens with one attached hydrogen (secondary N) is 1. The minimum atomic E-state index is -2.72. The van der Waals surface area contributed by atoms with Gasteiger partial charge in [-0.3, -0.25) is 9.98 Å². The van der Waals surface area contributed by atoms with E-state index in [1.165, 1.54) is 25.3 Å². The highest BCUT2D eigenvalue weighted by Gasteiger charge is 2.26. The number of anilines is 1. The van der Waals surface area contributed by atoms with Crippen molar-refractivity contribution in [2.24, 2.45) is 15.9 Å². The summed E-state index contributed by atoms with van der Waals surface area (Å²) in [5.41, 5.74) is 2.11. The average molecular weight is 471 g/mol. The number of aliphatic imine (C=N–C) groups is 2. The van der Waals surface area contributed by atoms with Gasteiger partial charge in [0.1, 0.15) is 28.8 Å². The molecule has 0 saturated heterocycles. The molecular formula is C23H25F3N8. The lowest BCUT2D eigenvalue weighted by Crippen LogP contribution is -2.17. The predicted octanol–water partition coefficient (Wildman–Crippen LogP) is 4.78. The molecule has 11 heteroatoms. The third-order valence-corrected chi connectivity index (χ3v) is 5.50. The van der Waals surface area contributed by atoms with Crippen molar-refractivity contribution in [2.75, 3.05) is 12.4 Å². The van der Waals surface area contributed by atoms with Gasteiger partial charge >= 0.3 is 0 Å². The van der Waals surface area contributed by atoms with Gasteiger partial charge in [-0.2, -0.15) is 10.2 Å². The lowest BCUT2D eigenvalue weighted by molar-refractivity contribution is 0.143. The Morgan fingerprint density at radius 3 is 2.65 bits per heavy atom. The van der Waals surface area contributed by atoms with E-state index in [0.717, 1.165) is 29.3 Å². The van der Waals surface area contributed by atoms with Crippen LogP contribution in [0.2, 0.25) is 0 Å². The number of hydrogen-bond acceptors (Lipinski definition) is 6. The third kappa shape index (κ3) is 4.92. The quantitative estimate of drug-likeness (QED) is 0.379. The fourth-order valence-electron chi connectivity index (χ4n) is 3.59. The van der Waals surface area contributed by atoms with E-state index in [1.54, 1.807) is 13.0 Å². The molecule has 1 aliphatic carbocycles. The molecule has 0 atom stereocenters. The molecule has 8 nitrogen and oxygen atoms in total. The van der Waals surface area contributed by atoms with E-state index in [1.807, 2.05) is 11.6 Å². The first-order valence-corrected chi connectivity index (χ1v) is 10.8. The van der Waals surface area contributed by atoms with E-state index in [2.05, 4.69) is 32.1 Å². The van der Waals surface area contributed by atoms with Crippen LogP contribution in [0.25, 0.3) is 11.4 Å². The van der Waals surface area contributed by atoms with E-state index in [0.29, 0.717) is 35.4 Å². The Morgan fingerprint density at radius 1 is 1.29 bits per heavy atom. The molecule has 0 aromatic carbocycles. The summed E-state index contributed by atoms with van der Waals surface area (Å²) in [6.45, 7) is 7.81. The van der Waals surface area contributed by atoms with Crippen LogP contribution < -0.4 is 5.32 Å². The smallest absolute Gasteiger partial charge is 0.280 e. The number of rotatable bonds is 8. The van der Waals surface area contributed by atoms with E-state index >= 15 is 0 Å². The second-order valence-electron chi connectivity index (χ2n) is 8.13. The molecule has 0 radical (unpaired) electrons. The summed E-state index contributed by atoms with van der Waals surface area (Å²) >= 11 is 0. The summed E-state index contributed by atoms with van der Waals surface area (Å²) in [6, 6.07) is 4.23. The van der Waals surface area contributed by atoms with Crippen molar-refractivity contribution >= 4 is 18.4 Å². The van der Waals surface area contributed by atoms with Gasteiger partial charge in [0.15, 0.2) is 5.84 Å². The van der Waals surface area contributed by atoms with Gasteiger partial charge < -0.3 is 5.32 Å². The summed E-state index contributed by atoms with van der Waals surface area (Å²) in [7, 11) is 1.49. The standard InChI is InChI=1S/C23H25F3N8/c1-13-9-18(22(25)26)34(31-13)20(28-4)10-19(27-3)30-23-14(2)21(17-8-7-16(24)11-29-17)32-33(23)12-15-5-6-15/h7-11,15,22,30H,3,5-6,12H2,1-2,4H3/b19-10+,28-20+. The molecule has 0 aliphatic heterocycles. The van der Waals surface area contributed by atoms with Crippen LogP contribution >= 0.6 is 0 Å². The molecule has 0 bridgehead atoms. The number of aromatic nitrogens is 5. The molecule has 0 spiro atoms. The van der Waals surface area contributed by atoms with Crippen LogP contribution in [0.4, 0.5) is 19.0 Å². The van der Waals surface area contributed by atoms with Gasteiger partial charge in [-0.25, -0.2) is 27.5 Å². The Bertz CT molecular complexity index is 1250. The van der Waals surface area contributed by atoms with Crippen molar-refractivity contribution in [3.8, 4) is 11.4 Å². The molecule has 3 aromatic rings. The Balaban J connectivity index is 1.71. The molecule has 1 aliphatic rings.